The Morgan fingerprint density at radius 1 is 1.04 bits per heavy atom. The predicted octanol–water partition coefficient (Wildman–Crippen LogP) is 0.317. The van der Waals surface area contributed by atoms with E-state index in [0.717, 1.165) is 5.56 Å². The topological polar surface area (TPSA) is 110 Å². The fourth-order valence-electron chi connectivity index (χ4n) is 2.13. The molecule has 0 saturated carbocycles. The summed E-state index contributed by atoms with van der Waals surface area (Å²) in [7, 11) is 3.12. The van der Waals surface area contributed by atoms with E-state index < -0.39 is 10.0 Å². The highest BCUT2D eigenvalue weighted by Gasteiger charge is 2.13. The van der Waals surface area contributed by atoms with Gasteiger partial charge in [0, 0.05) is 26.7 Å². The van der Waals surface area contributed by atoms with Gasteiger partial charge in [0.25, 0.3) is 0 Å². The molecule has 1 rings (SSSR count). The Hall–Kier alpha value is -2.20. The van der Waals surface area contributed by atoms with Crippen LogP contribution < -0.4 is 29.6 Å². The first-order chi connectivity index (χ1) is 12.4. The number of nitrogens with zero attached hydrogens (tertiary/aromatic N) is 1. The minimum absolute atomic E-state index is 0.0567. The Morgan fingerprint density at radius 3 is 2.12 bits per heavy atom. The number of sulfonamides is 1. The Labute approximate surface area is 155 Å². The third-order valence-corrected chi connectivity index (χ3v) is 4.93. The lowest BCUT2D eigenvalue weighted by Gasteiger charge is -2.16. The lowest BCUT2D eigenvalue weighted by molar-refractivity contribution is 0.323. The lowest BCUT2D eigenvalue weighted by Crippen LogP contribution is -2.41. The number of ether oxygens (including phenoxy) is 3. The molecule has 9 nitrogen and oxygen atoms in total. The summed E-state index contributed by atoms with van der Waals surface area (Å²) in [6.45, 7) is 2.75. The van der Waals surface area contributed by atoms with E-state index in [1.165, 1.54) is 0 Å². The number of guanidine groups is 1. The van der Waals surface area contributed by atoms with Gasteiger partial charge >= 0.3 is 0 Å². The molecule has 0 amide bonds. The van der Waals surface area contributed by atoms with Gasteiger partial charge in [-0.25, -0.2) is 13.1 Å². The SMILES string of the molecule is CCS(=O)(=O)NCCNC(=NC)NCc1cc(OC)c(OC)c(OC)c1. The first-order valence-electron chi connectivity index (χ1n) is 8.11. The summed E-state index contributed by atoms with van der Waals surface area (Å²) in [6.07, 6.45) is 0. The van der Waals surface area contributed by atoms with Crippen molar-refractivity contribution in [1.82, 2.24) is 15.4 Å². The van der Waals surface area contributed by atoms with Crippen molar-refractivity contribution in [1.29, 1.82) is 0 Å². The summed E-state index contributed by atoms with van der Waals surface area (Å²) in [4.78, 5) is 4.11. The van der Waals surface area contributed by atoms with Gasteiger partial charge in [-0.1, -0.05) is 0 Å². The Morgan fingerprint density at radius 2 is 1.65 bits per heavy atom. The van der Waals surface area contributed by atoms with Crippen LogP contribution in [0.25, 0.3) is 0 Å². The molecule has 0 aromatic heterocycles. The molecule has 148 valence electrons. The number of hydrogen-bond donors (Lipinski definition) is 3. The van der Waals surface area contributed by atoms with Crippen LogP contribution in [0, 0.1) is 0 Å². The highest BCUT2D eigenvalue weighted by atomic mass is 32.2. The quantitative estimate of drug-likeness (QED) is 0.301. The minimum Gasteiger partial charge on any atom is -0.493 e. The van der Waals surface area contributed by atoms with Gasteiger partial charge in [0.2, 0.25) is 15.8 Å². The molecule has 0 spiro atoms. The number of benzene rings is 1. The average molecular weight is 388 g/mol. The molecule has 0 unspecified atom stereocenters. The lowest BCUT2D eigenvalue weighted by atomic mass is 10.2. The van der Waals surface area contributed by atoms with Crippen LogP contribution in [0.4, 0.5) is 0 Å². The Kier molecular flexibility index (Phi) is 9.00. The van der Waals surface area contributed by atoms with Crippen LogP contribution in [0.1, 0.15) is 12.5 Å². The summed E-state index contributed by atoms with van der Waals surface area (Å²) < 4.78 is 41.2. The molecule has 0 fully saturated rings. The van der Waals surface area contributed by atoms with Crippen LogP contribution in [0.5, 0.6) is 17.2 Å². The second kappa shape index (κ2) is 10.7. The summed E-state index contributed by atoms with van der Waals surface area (Å²) >= 11 is 0. The van der Waals surface area contributed by atoms with Gasteiger partial charge in [-0.15, -0.1) is 0 Å². The highest BCUT2D eigenvalue weighted by Crippen LogP contribution is 2.38. The molecule has 0 saturated heterocycles. The molecule has 0 aliphatic rings. The van der Waals surface area contributed by atoms with Crippen molar-refractivity contribution in [3.8, 4) is 17.2 Å². The van der Waals surface area contributed by atoms with Crippen molar-refractivity contribution in [3.63, 3.8) is 0 Å². The van der Waals surface area contributed by atoms with E-state index in [2.05, 4.69) is 20.3 Å². The summed E-state index contributed by atoms with van der Waals surface area (Å²) in [5.41, 5.74) is 0.911. The van der Waals surface area contributed by atoms with Crippen LogP contribution in [-0.2, 0) is 16.6 Å². The monoisotopic (exact) mass is 388 g/mol. The van der Waals surface area contributed by atoms with Crippen molar-refractivity contribution in [2.24, 2.45) is 4.99 Å². The Bertz CT molecular complexity index is 682. The molecule has 0 aliphatic heterocycles. The molecule has 1 aromatic carbocycles. The molecular formula is C16H28N4O5S. The third-order valence-electron chi connectivity index (χ3n) is 3.53. The molecule has 0 heterocycles. The van der Waals surface area contributed by atoms with Crippen molar-refractivity contribution >= 4 is 16.0 Å². The van der Waals surface area contributed by atoms with E-state index in [1.807, 2.05) is 12.1 Å². The normalized spacial score (nSPS) is 11.8. The standard InChI is InChI=1S/C16H28N4O5S/c1-6-26(21,22)20-8-7-18-16(17-2)19-11-12-9-13(23-3)15(25-5)14(10-12)24-4/h9-10,20H,6-8,11H2,1-5H3,(H2,17,18,19). The van der Waals surface area contributed by atoms with E-state index in [0.29, 0.717) is 36.3 Å². The van der Waals surface area contributed by atoms with Gasteiger partial charge in [0.05, 0.1) is 27.1 Å². The number of methoxy groups -OCH3 is 3. The van der Waals surface area contributed by atoms with Gasteiger partial charge in [-0.2, -0.15) is 0 Å². The maximum atomic E-state index is 11.4. The van der Waals surface area contributed by atoms with Gasteiger partial charge < -0.3 is 24.8 Å². The van der Waals surface area contributed by atoms with Crippen molar-refractivity contribution in [3.05, 3.63) is 17.7 Å². The molecule has 10 heteroatoms. The van der Waals surface area contributed by atoms with Gasteiger partial charge in [-0.3, -0.25) is 4.99 Å². The third kappa shape index (κ3) is 6.60. The van der Waals surface area contributed by atoms with Crippen LogP contribution in [0.2, 0.25) is 0 Å². The second-order valence-corrected chi connectivity index (χ2v) is 7.28. The van der Waals surface area contributed by atoms with Crippen molar-refractivity contribution in [2.45, 2.75) is 13.5 Å². The summed E-state index contributed by atoms with van der Waals surface area (Å²) in [5, 5.41) is 6.19. The molecular weight excluding hydrogens is 360 g/mol. The largest absolute Gasteiger partial charge is 0.493 e. The van der Waals surface area contributed by atoms with E-state index >= 15 is 0 Å². The van der Waals surface area contributed by atoms with E-state index in [4.69, 9.17) is 14.2 Å². The van der Waals surface area contributed by atoms with Crippen LogP contribution in [0.15, 0.2) is 17.1 Å². The maximum absolute atomic E-state index is 11.4. The van der Waals surface area contributed by atoms with Crippen LogP contribution in [0.3, 0.4) is 0 Å². The first-order valence-corrected chi connectivity index (χ1v) is 9.76. The van der Waals surface area contributed by atoms with E-state index in [-0.39, 0.29) is 12.3 Å². The second-order valence-electron chi connectivity index (χ2n) is 5.18. The number of rotatable bonds is 10. The van der Waals surface area contributed by atoms with E-state index in [9.17, 15) is 8.42 Å². The van der Waals surface area contributed by atoms with E-state index in [1.54, 1.807) is 35.3 Å². The molecule has 0 atom stereocenters. The first kappa shape index (κ1) is 21.8. The zero-order valence-electron chi connectivity index (χ0n) is 15.9. The van der Waals surface area contributed by atoms with Gasteiger partial charge in [-0.05, 0) is 24.6 Å². The highest BCUT2D eigenvalue weighted by molar-refractivity contribution is 7.89. The molecule has 0 bridgehead atoms. The zero-order valence-corrected chi connectivity index (χ0v) is 16.7. The maximum Gasteiger partial charge on any atom is 0.211 e. The van der Waals surface area contributed by atoms with Gasteiger partial charge in [0.15, 0.2) is 17.5 Å². The van der Waals surface area contributed by atoms with Crippen LogP contribution >= 0.6 is 0 Å². The average Bonchev–Trinajstić information content (AvgIpc) is 2.66. The molecule has 0 radical (unpaired) electrons. The number of nitrogens with one attached hydrogen (secondary N) is 3. The fraction of sp³-hybridized carbons (Fsp3) is 0.562. The Balaban J connectivity index is 2.63. The van der Waals surface area contributed by atoms with Gasteiger partial charge in [0.1, 0.15) is 0 Å². The zero-order chi connectivity index (χ0) is 19.6. The molecule has 0 aliphatic carbocycles. The van der Waals surface area contributed by atoms with Crippen molar-refractivity contribution in [2.75, 3.05) is 47.2 Å². The summed E-state index contributed by atoms with van der Waals surface area (Å²) in [6, 6.07) is 3.69. The molecule has 1 aromatic rings. The number of aliphatic imine (C=N–C) groups is 1. The van der Waals surface area contributed by atoms with Crippen LogP contribution in [-0.4, -0.2) is 61.6 Å². The summed E-state index contributed by atoms with van der Waals surface area (Å²) in [5.74, 6) is 2.28. The molecule has 26 heavy (non-hydrogen) atoms. The molecule has 3 N–H and O–H groups in total. The fourth-order valence-corrected chi connectivity index (χ4v) is 2.75. The smallest absolute Gasteiger partial charge is 0.211 e. The minimum atomic E-state index is -3.19. The number of hydrogen-bond acceptors (Lipinski definition) is 6. The van der Waals surface area contributed by atoms with Crippen molar-refractivity contribution < 1.29 is 22.6 Å². The predicted molar refractivity (Wildman–Crippen MR) is 102 cm³/mol.